The van der Waals surface area contributed by atoms with E-state index in [-0.39, 0.29) is 11.5 Å². The lowest BCUT2D eigenvalue weighted by Gasteiger charge is -2.52. The number of aliphatic hydroxyl groups is 1. The van der Waals surface area contributed by atoms with Crippen molar-refractivity contribution in [2.75, 3.05) is 47.9 Å². The maximum atomic E-state index is 12.2. The molecule has 1 heterocycles. The van der Waals surface area contributed by atoms with E-state index < -0.39 is 5.60 Å². The molecule has 1 N–H and O–H groups in total. The first-order chi connectivity index (χ1) is 20.6. The number of nitrogens with zero attached hydrogens (tertiary/aromatic N) is 3. The van der Waals surface area contributed by atoms with Crippen molar-refractivity contribution in [1.82, 2.24) is 14.7 Å². The lowest BCUT2D eigenvalue weighted by atomic mass is 9.53. The third kappa shape index (κ3) is 7.20. The molecule has 1 aliphatic heterocycles. The largest absolute Gasteiger partial charge is 0.494 e. The number of rotatable bonds is 8. The summed E-state index contributed by atoms with van der Waals surface area (Å²) in [5, 5.41) is 11.3. The second-order valence-electron chi connectivity index (χ2n) is 13.3. The first-order valence-corrected chi connectivity index (χ1v) is 15.9. The number of benzene rings is 2. The molecule has 2 fully saturated rings. The SMILES string of the molecule is CC#C[C@@]1(O)CC[C@]2(CCOc3ccc(CN(C)C4CCN(C)CC4)cc3)c3ccc(OC(=O)N(C)C)cc3CC[C@H]2C1. The highest BCUT2D eigenvalue weighted by Crippen LogP contribution is 2.54. The number of ether oxygens (including phenoxy) is 2. The highest BCUT2D eigenvalue weighted by Gasteiger charge is 2.51. The van der Waals surface area contributed by atoms with Gasteiger partial charge < -0.3 is 24.4 Å². The van der Waals surface area contributed by atoms with Crippen LogP contribution in [0.2, 0.25) is 0 Å². The summed E-state index contributed by atoms with van der Waals surface area (Å²) in [6.45, 7) is 5.69. The first-order valence-electron chi connectivity index (χ1n) is 15.9. The summed E-state index contributed by atoms with van der Waals surface area (Å²) in [5.41, 5.74) is 2.79. The summed E-state index contributed by atoms with van der Waals surface area (Å²) in [7, 11) is 7.82. The summed E-state index contributed by atoms with van der Waals surface area (Å²) in [6.07, 6.45) is 6.94. The van der Waals surface area contributed by atoms with Crippen LogP contribution < -0.4 is 9.47 Å². The van der Waals surface area contributed by atoms with Crippen LogP contribution in [0.3, 0.4) is 0 Å². The van der Waals surface area contributed by atoms with Gasteiger partial charge in [0.15, 0.2) is 0 Å². The minimum absolute atomic E-state index is 0.115. The van der Waals surface area contributed by atoms with Crippen LogP contribution in [0.15, 0.2) is 42.5 Å². The van der Waals surface area contributed by atoms with Crippen molar-refractivity contribution in [3.05, 3.63) is 59.2 Å². The van der Waals surface area contributed by atoms with E-state index in [0.29, 0.717) is 37.2 Å². The van der Waals surface area contributed by atoms with Gasteiger partial charge >= 0.3 is 6.09 Å². The predicted octanol–water partition coefficient (Wildman–Crippen LogP) is 5.48. The molecule has 1 amide bonds. The Morgan fingerprint density at radius 1 is 1.05 bits per heavy atom. The van der Waals surface area contributed by atoms with Gasteiger partial charge in [0.25, 0.3) is 0 Å². The molecule has 0 spiro atoms. The van der Waals surface area contributed by atoms with Crippen LogP contribution in [0.25, 0.3) is 0 Å². The van der Waals surface area contributed by atoms with Crippen molar-refractivity contribution in [3.63, 3.8) is 0 Å². The maximum Gasteiger partial charge on any atom is 0.414 e. The van der Waals surface area contributed by atoms with E-state index in [9.17, 15) is 9.90 Å². The van der Waals surface area contributed by atoms with Crippen LogP contribution in [0, 0.1) is 17.8 Å². The Morgan fingerprint density at radius 3 is 2.47 bits per heavy atom. The van der Waals surface area contributed by atoms with Crippen LogP contribution in [0.4, 0.5) is 4.79 Å². The summed E-state index contributed by atoms with van der Waals surface area (Å²) < 4.78 is 12.0. The quantitative estimate of drug-likeness (QED) is 0.413. The van der Waals surface area contributed by atoms with E-state index in [4.69, 9.17) is 9.47 Å². The highest BCUT2D eigenvalue weighted by molar-refractivity contribution is 5.70. The van der Waals surface area contributed by atoms with Crippen LogP contribution >= 0.6 is 0 Å². The molecule has 43 heavy (non-hydrogen) atoms. The molecule has 3 atom stereocenters. The van der Waals surface area contributed by atoms with Gasteiger partial charge in [-0.05, 0) is 132 Å². The average Bonchev–Trinajstić information content (AvgIpc) is 2.98. The third-order valence-corrected chi connectivity index (χ3v) is 10.1. The summed E-state index contributed by atoms with van der Waals surface area (Å²) in [5.74, 6) is 7.84. The van der Waals surface area contributed by atoms with Gasteiger partial charge in [-0.2, -0.15) is 0 Å². The van der Waals surface area contributed by atoms with Gasteiger partial charge in [-0.15, -0.1) is 5.92 Å². The molecule has 7 nitrogen and oxygen atoms in total. The first kappa shape index (κ1) is 31.4. The van der Waals surface area contributed by atoms with Gasteiger partial charge in [0.2, 0.25) is 0 Å². The van der Waals surface area contributed by atoms with Crippen molar-refractivity contribution in [2.24, 2.45) is 5.92 Å². The molecule has 1 saturated carbocycles. The molecular weight excluding hydrogens is 538 g/mol. The molecule has 2 aromatic rings. The number of amides is 1. The van der Waals surface area contributed by atoms with Crippen molar-refractivity contribution in [3.8, 4) is 23.3 Å². The minimum atomic E-state index is -0.932. The lowest BCUT2D eigenvalue weighted by molar-refractivity contribution is -0.0143. The topological polar surface area (TPSA) is 65.5 Å². The molecule has 0 unspecified atom stereocenters. The summed E-state index contributed by atoms with van der Waals surface area (Å²) in [6, 6.07) is 15.3. The maximum absolute atomic E-state index is 12.2. The Bertz CT molecular complexity index is 1320. The van der Waals surface area contributed by atoms with E-state index in [1.165, 1.54) is 47.5 Å². The van der Waals surface area contributed by atoms with E-state index in [2.05, 4.69) is 66.1 Å². The highest BCUT2D eigenvalue weighted by atomic mass is 16.6. The van der Waals surface area contributed by atoms with E-state index in [1.807, 2.05) is 12.1 Å². The van der Waals surface area contributed by atoms with Crippen molar-refractivity contribution < 1.29 is 19.4 Å². The van der Waals surface area contributed by atoms with Gasteiger partial charge in [-0.25, -0.2) is 4.79 Å². The van der Waals surface area contributed by atoms with Crippen molar-refractivity contribution in [1.29, 1.82) is 0 Å². The molecule has 2 aromatic carbocycles. The number of likely N-dealkylation sites (tertiary alicyclic amines) is 1. The number of carbonyl (C=O) groups excluding carboxylic acids is 1. The van der Waals surface area contributed by atoms with Gasteiger partial charge in [0, 0.05) is 32.1 Å². The fourth-order valence-electron chi connectivity index (χ4n) is 7.62. The van der Waals surface area contributed by atoms with Crippen molar-refractivity contribution in [2.45, 2.75) is 81.9 Å². The van der Waals surface area contributed by atoms with E-state index >= 15 is 0 Å². The Balaban J connectivity index is 1.27. The summed E-state index contributed by atoms with van der Waals surface area (Å²) >= 11 is 0. The fraction of sp³-hybridized carbons (Fsp3) is 0.583. The van der Waals surface area contributed by atoms with Crippen LogP contribution in [-0.4, -0.2) is 85.4 Å². The normalized spacial score (nSPS) is 25.7. The zero-order chi connectivity index (χ0) is 30.6. The van der Waals surface area contributed by atoms with Gasteiger partial charge in [0.1, 0.15) is 17.1 Å². The molecule has 232 valence electrons. The number of fused-ring (bicyclic) bond motifs is 3. The molecule has 3 aliphatic rings. The van der Waals surface area contributed by atoms with E-state index in [0.717, 1.165) is 38.0 Å². The molecule has 0 bridgehead atoms. The average molecular weight is 588 g/mol. The summed E-state index contributed by atoms with van der Waals surface area (Å²) in [4.78, 5) is 18.5. The van der Waals surface area contributed by atoms with Gasteiger partial charge in [-0.3, -0.25) is 4.90 Å². The molecule has 7 heteroatoms. The van der Waals surface area contributed by atoms with Crippen molar-refractivity contribution >= 4 is 6.09 Å². The molecule has 1 saturated heterocycles. The Morgan fingerprint density at radius 2 is 1.77 bits per heavy atom. The van der Waals surface area contributed by atoms with Gasteiger partial charge in [0.05, 0.1) is 6.61 Å². The predicted molar refractivity (Wildman–Crippen MR) is 170 cm³/mol. The molecule has 2 aliphatic carbocycles. The van der Waals surface area contributed by atoms with E-state index in [1.54, 1.807) is 21.0 Å². The third-order valence-electron chi connectivity index (χ3n) is 10.1. The smallest absolute Gasteiger partial charge is 0.414 e. The van der Waals surface area contributed by atoms with Crippen LogP contribution in [-0.2, 0) is 18.4 Å². The molecule has 0 radical (unpaired) electrons. The number of hydrogen-bond acceptors (Lipinski definition) is 6. The fourth-order valence-corrected chi connectivity index (χ4v) is 7.62. The Kier molecular flexibility index (Phi) is 9.70. The van der Waals surface area contributed by atoms with Crippen LogP contribution in [0.5, 0.6) is 11.5 Å². The van der Waals surface area contributed by atoms with Crippen LogP contribution in [0.1, 0.15) is 68.6 Å². The zero-order valence-electron chi connectivity index (χ0n) is 26.7. The monoisotopic (exact) mass is 587 g/mol. The second-order valence-corrected chi connectivity index (χ2v) is 13.3. The van der Waals surface area contributed by atoms with Gasteiger partial charge in [-0.1, -0.05) is 24.1 Å². The number of carbonyl (C=O) groups is 1. The number of hydrogen-bond donors (Lipinski definition) is 1. The molecule has 0 aromatic heterocycles. The standard InChI is InChI=1S/C36H49N3O4/c1-6-17-35(41)18-19-36(29(25-35)10-9-28-24-32(13-14-33(28)36)43-34(40)37(2)3)20-23-42-31-11-7-27(8-12-31)26-39(5)30-15-21-38(4)22-16-30/h7-8,11-14,24,29-30,41H,9-10,15-16,18-23,25-26H2,1-5H3/t29-,35+,36+/m0/s1. The Labute approximate surface area is 258 Å². The second kappa shape index (κ2) is 13.3. The lowest BCUT2D eigenvalue weighted by Crippen LogP contribution is -2.50. The number of aryl methyl sites for hydroxylation is 1. The Hall–Kier alpha value is -3.05. The molecular formula is C36H49N3O4. The zero-order valence-corrected chi connectivity index (χ0v) is 26.7. The minimum Gasteiger partial charge on any atom is -0.494 e. The number of piperidine rings is 1. The molecule has 5 rings (SSSR count).